The van der Waals surface area contributed by atoms with Crippen molar-refractivity contribution in [2.75, 3.05) is 23.3 Å². The largest absolute Gasteiger partial charge is 0.460 e. The van der Waals surface area contributed by atoms with Gasteiger partial charge >= 0.3 is 5.97 Å². The Morgan fingerprint density at radius 3 is 2.62 bits per heavy atom. The minimum absolute atomic E-state index is 0.0834. The molecule has 0 bridgehead atoms. The van der Waals surface area contributed by atoms with E-state index < -0.39 is 5.60 Å². The fourth-order valence-electron chi connectivity index (χ4n) is 4.03. The van der Waals surface area contributed by atoms with Crippen LogP contribution in [0.2, 0.25) is 0 Å². The monoisotopic (exact) mass is 476 g/mol. The van der Waals surface area contributed by atoms with E-state index in [0.29, 0.717) is 24.9 Å². The average Bonchev–Trinajstić information content (AvgIpc) is 3.48. The summed E-state index contributed by atoms with van der Waals surface area (Å²) in [7, 11) is 0. The molecular formula is C25H28N6O2S. The Labute approximate surface area is 202 Å². The van der Waals surface area contributed by atoms with Gasteiger partial charge in [-0.3, -0.25) is 4.79 Å². The van der Waals surface area contributed by atoms with Crippen molar-refractivity contribution in [3.8, 4) is 5.69 Å². The predicted molar refractivity (Wildman–Crippen MR) is 135 cm³/mol. The van der Waals surface area contributed by atoms with Crippen LogP contribution in [0.5, 0.6) is 0 Å². The first-order valence-electron chi connectivity index (χ1n) is 11.5. The number of rotatable bonds is 5. The number of nitrogens with zero attached hydrogens (tertiary/aromatic N) is 5. The van der Waals surface area contributed by atoms with Crippen molar-refractivity contribution in [1.29, 1.82) is 0 Å². The second-order valence-electron chi connectivity index (χ2n) is 9.43. The fourth-order valence-corrected chi connectivity index (χ4v) is 4.80. The molecule has 4 aromatic rings. The van der Waals surface area contributed by atoms with Crippen LogP contribution in [0.1, 0.15) is 33.6 Å². The number of ether oxygens (including phenoxy) is 1. The lowest BCUT2D eigenvalue weighted by Gasteiger charge is -2.32. The summed E-state index contributed by atoms with van der Waals surface area (Å²) >= 11 is 1.60. The van der Waals surface area contributed by atoms with Gasteiger partial charge in [0.25, 0.3) is 0 Å². The third-order valence-corrected chi connectivity index (χ3v) is 6.60. The van der Waals surface area contributed by atoms with Crippen molar-refractivity contribution in [2.24, 2.45) is 5.92 Å². The highest BCUT2D eigenvalue weighted by atomic mass is 32.1. The SMILES string of the molecule is CC(C)(C)OC(=O)C1CCN(c2nc(Nc3cn(-c4ccccc4)cn3)c3sccc3n2)CC1. The number of anilines is 3. The van der Waals surface area contributed by atoms with Gasteiger partial charge in [0.15, 0.2) is 5.82 Å². The van der Waals surface area contributed by atoms with E-state index in [1.807, 2.05) is 73.3 Å². The third kappa shape index (κ3) is 4.89. The van der Waals surface area contributed by atoms with Crippen LogP contribution >= 0.6 is 11.3 Å². The summed E-state index contributed by atoms with van der Waals surface area (Å²) in [5.74, 6) is 1.92. The smallest absolute Gasteiger partial charge is 0.309 e. The number of piperidine rings is 1. The summed E-state index contributed by atoms with van der Waals surface area (Å²) < 4.78 is 8.54. The quantitative estimate of drug-likeness (QED) is 0.397. The van der Waals surface area contributed by atoms with E-state index in [2.05, 4.69) is 15.2 Å². The van der Waals surface area contributed by atoms with E-state index in [0.717, 1.165) is 34.6 Å². The van der Waals surface area contributed by atoms with Gasteiger partial charge in [-0.15, -0.1) is 11.3 Å². The second kappa shape index (κ2) is 9.06. The molecule has 1 N–H and O–H groups in total. The van der Waals surface area contributed by atoms with Gasteiger partial charge in [-0.25, -0.2) is 9.97 Å². The Kier molecular flexibility index (Phi) is 5.95. The molecule has 4 heterocycles. The van der Waals surface area contributed by atoms with Crippen molar-refractivity contribution in [3.63, 3.8) is 0 Å². The van der Waals surface area contributed by atoms with Crippen molar-refractivity contribution < 1.29 is 9.53 Å². The molecule has 0 saturated carbocycles. The number of imidazole rings is 1. The molecular weight excluding hydrogens is 448 g/mol. The number of fused-ring (bicyclic) bond motifs is 1. The highest BCUT2D eigenvalue weighted by Crippen LogP contribution is 2.32. The van der Waals surface area contributed by atoms with Crippen molar-refractivity contribution >= 4 is 45.1 Å². The molecule has 1 saturated heterocycles. The Bertz CT molecular complexity index is 1290. The Morgan fingerprint density at radius 1 is 1.12 bits per heavy atom. The number of hydrogen-bond acceptors (Lipinski definition) is 8. The normalized spacial score (nSPS) is 15.0. The fraction of sp³-hybridized carbons (Fsp3) is 0.360. The van der Waals surface area contributed by atoms with Crippen molar-refractivity contribution in [1.82, 2.24) is 19.5 Å². The van der Waals surface area contributed by atoms with Crippen LogP contribution in [0.4, 0.5) is 17.6 Å². The summed E-state index contributed by atoms with van der Waals surface area (Å²) in [5, 5.41) is 5.40. The number of benzene rings is 1. The van der Waals surface area contributed by atoms with Gasteiger partial charge < -0.3 is 19.5 Å². The molecule has 1 fully saturated rings. The lowest BCUT2D eigenvalue weighted by molar-refractivity contribution is -0.160. The number of aromatic nitrogens is 4. The maximum absolute atomic E-state index is 12.5. The number of carbonyl (C=O) groups is 1. The van der Waals surface area contributed by atoms with Crippen LogP contribution < -0.4 is 10.2 Å². The molecule has 5 rings (SSSR count). The van der Waals surface area contributed by atoms with Gasteiger partial charge in [0.2, 0.25) is 5.95 Å². The molecule has 0 aliphatic carbocycles. The predicted octanol–water partition coefficient (Wildman–Crippen LogP) is 5.18. The molecule has 8 nitrogen and oxygen atoms in total. The van der Waals surface area contributed by atoms with Crippen LogP contribution in [-0.2, 0) is 9.53 Å². The van der Waals surface area contributed by atoms with Crippen LogP contribution in [0.3, 0.4) is 0 Å². The number of thiophene rings is 1. The summed E-state index contributed by atoms with van der Waals surface area (Å²) in [6.45, 7) is 7.13. The zero-order chi connectivity index (χ0) is 23.7. The summed E-state index contributed by atoms with van der Waals surface area (Å²) in [6.07, 6.45) is 5.18. The van der Waals surface area contributed by atoms with Crippen molar-refractivity contribution in [3.05, 3.63) is 54.3 Å². The molecule has 0 amide bonds. The average molecular weight is 477 g/mol. The molecule has 0 atom stereocenters. The minimum atomic E-state index is -0.463. The number of para-hydroxylation sites is 1. The molecule has 1 aromatic carbocycles. The second-order valence-corrected chi connectivity index (χ2v) is 10.3. The van der Waals surface area contributed by atoms with Crippen LogP contribution in [0.15, 0.2) is 54.3 Å². The van der Waals surface area contributed by atoms with Crippen LogP contribution in [0, 0.1) is 5.92 Å². The summed E-state index contributed by atoms with van der Waals surface area (Å²) in [6, 6.07) is 12.1. The molecule has 0 unspecified atom stereocenters. The van der Waals surface area contributed by atoms with Crippen LogP contribution in [0.25, 0.3) is 15.9 Å². The Balaban J connectivity index is 1.33. The third-order valence-electron chi connectivity index (χ3n) is 5.69. The summed E-state index contributed by atoms with van der Waals surface area (Å²) in [5.41, 5.74) is 1.48. The van der Waals surface area contributed by atoms with Crippen LogP contribution in [-0.4, -0.2) is 44.2 Å². The Hall–Kier alpha value is -3.46. The summed E-state index contributed by atoms with van der Waals surface area (Å²) in [4.78, 5) is 28.8. The zero-order valence-corrected chi connectivity index (χ0v) is 20.4. The lowest BCUT2D eigenvalue weighted by Crippen LogP contribution is -2.39. The van der Waals surface area contributed by atoms with Gasteiger partial charge in [0, 0.05) is 18.8 Å². The number of carbonyl (C=O) groups excluding carboxylic acids is 1. The first kappa shape index (κ1) is 22.3. The molecule has 0 radical (unpaired) electrons. The van der Waals surface area contributed by atoms with Gasteiger partial charge in [0.05, 0.1) is 22.3 Å². The molecule has 1 aliphatic rings. The van der Waals surface area contributed by atoms with E-state index >= 15 is 0 Å². The van der Waals surface area contributed by atoms with E-state index in [1.165, 1.54) is 0 Å². The van der Waals surface area contributed by atoms with E-state index in [-0.39, 0.29) is 11.9 Å². The minimum Gasteiger partial charge on any atom is -0.460 e. The molecule has 9 heteroatoms. The molecule has 0 spiro atoms. The highest BCUT2D eigenvalue weighted by Gasteiger charge is 2.30. The molecule has 3 aromatic heterocycles. The van der Waals surface area contributed by atoms with Gasteiger partial charge in [0.1, 0.15) is 17.7 Å². The molecule has 176 valence electrons. The molecule has 1 aliphatic heterocycles. The first-order valence-corrected chi connectivity index (χ1v) is 12.3. The zero-order valence-electron chi connectivity index (χ0n) is 19.6. The van der Waals surface area contributed by atoms with Crippen molar-refractivity contribution in [2.45, 2.75) is 39.2 Å². The van der Waals surface area contributed by atoms with Gasteiger partial charge in [-0.2, -0.15) is 4.98 Å². The first-order chi connectivity index (χ1) is 16.4. The van der Waals surface area contributed by atoms with Gasteiger partial charge in [-0.05, 0) is 57.2 Å². The maximum Gasteiger partial charge on any atom is 0.309 e. The number of hydrogen-bond donors (Lipinski definition) is 1. The standard InChI is InChI=1S/C25H28N6O2S/c1-25(2,3)33-23(32)17-9-12-30(13-10-17)24-27-19-11-14-34-21(19)22(29-24)28-20-15-31(16-26-20)18-7-5-4-6-8-18/h4-8,11,14-17H,9-10,12-13H2,1-3H3,(H,27,28,29). The van der Waals surface area contributed by atoms with E-state index in [4.69, 9.17) is 14.7 Å². The number of esters is 1. The van der Waals surface area contributed by atoms with E-state index in [9.17, 15) is 4.79 Å². The lowest BCUT2D eigenvalue weighted by atomic mass is 9.97. The molecule has 34 heavy (non-hydrogen) atoms. The highest BCUT2D eigenvalue weighted by molar-refractivity contribution is 7.17. The topological polar surface area (TPSA) is 85.2 Å². The Morgan fingerprint density at radius 2 is 1.88 bits per heavy atom. The van der Waals surface area contributed by atoms with E-state index in [1.54, 1.807) is 17.7 Å². The van der Waals surface area contributed by atoms with Gasteiger partial charge in [-0.1, -0.05) is 18.2 Å². The number of nitrogens with one attached hydrogen (secondary N) is 1. The maximum atomic E-state index is 12.5.